The molecule has 0 aromatic rings. The molecule has 2 fully saturated rings. The minimum absolute atomic E-state index is 0.474. The molecule has 3 atom stereocenters. The van der Waals surface area contributed by atoms with Gasteiger partial charge in [0.25, 0.3) is 0 Å². The van der Waals surface area contributed by atoms with Crippen LogP contribution in [-0.2, 0) is 9.84 Å². The average molecular weight is 174 g/mol. The molecule has 1 heterocycles. The van der Waals surface area contributed by atoms with E-state index in [2.05, 4.69) is 6.92 Å². The minimum atomic E-state index is -2.63. The van der Waals surface area contributed by atoms with E-state index in [1.165, 1.54) is 0 Å². The van der Waals surface area contributed by atoms with Gasteiger partial charge in [-0.05, 0) is 30.6 Å². The minimum Gasteiger partial charge on any atom is -0.229 e. The highest BCUT2D eigenvalue weighted by molar-refractivity contribution is 7.91. The van der Waals surface area contributed by atoms with E-state index in [0.29, 0.717) is 23.3 Å². The van der Waals surface area contributed by atoms with Crippen molar-refractivity contribution in [2.75, 3.05) is 11.5 Å². The summed E-state index contributed by atoms with van der Waals surface area (Å²) in [6.07, 6.45) is 2.29. The second-order valence-electron chi connectivity index (χ2n) is 4.17. The molecule has 2 aliphatic rings. The molecule has 0 aromatic carbocycles. The maximum atomic E-state index is 11.2. The van der Waals surface area contributed by atoms with Crippen LogP contribution in [0.25, 0.3) is 0 Å². The topological polar surface area (TPSA) is 34.1 Å². The van der Waals surface area contributed by atoms with Gasteiger partial charge in [-0.25, -0.2) is 8.42 Å². The first-order valence-corrected chi connectivity index (χ1v) is 6.09. The summed E-state index contributed by atoms with van der Waals surface area (Å²) in [6.45, 7) is 2.23. The molecule has 0 aromatic heterocycles. The molecule has 0 N–H and O–H groups in total. The first-order valence-electron chi connectivity index (χ1n) is 4.27. The van der Waals surface area contributed by atoms with Crippen LogP contribution in [0.15, 0.2) is 0 Å². The van der Waals surface area contributed by atoms with Crippen molar-refractivity contribution >= 4 is 9.84 Å². The molecule has 0 radical (unpaired) electrons. The van der Waals surface area contributed by atoms with E-state index in [1.807, 2.05) is 0 Å². The van der Waals surface area contributed by atoms with Crippen LogP contribution in [-0.4, -0.2) is 19.9 Å². The summed E-state index contributed by atoms with van der Waals surface area (Å²) in [5, 5.41) is 0. The van der Waals surface area contributed by atoms with Gasteiger partial charge < -0.3 is 0 Å². The third-order valence-corrected chi connectivity index (χ3v) is 4.88. The van der Waals surface area contributed by atoms with Gasteiger partial charge in [0.05, 0.1) is 11.5 Å². The molecule has 11 heavy (non-hydrogen) atoms. The van der Waals surface area contributed by atoms with Crippen LogP contribution < -0.4 is 0 Å². The molecule has 2 nitrogen and oxygen atoms in total. The van der Waals surface area contributed by atoms with Crippen LogP contribution in [0, 0.1) is 17.8 Å². The van der Waals surface area contributed by atoms with Gasteiger partial charge in [-0.2, -0.15) is 0 Å². The molecular weight excluding hydrogens is 160 g/mol. The lowest BCUT2D eigenvalue weighted by Crippen LogP contribution is -2.06. The van der Waals surface area contributed by atoms with Gasteiger partial charge in [0.1, 0.15) is 0 Å². The van der Waals surface area contributed by atoms with Crippen LogP contribution >= 0.6 is 0 Å². The third-order valence-electron chi connectivity index (χ3n) is 3.01. The molecule has 0 unspecified atom stereocenters. The fourth-order valence-corrected chi connectivity index (χ4v) is 4.90. The Morgan fingerprint density at radius 2 is 1.55 bits per heavy atom. The molecule has 1 saturated heterocycles. The molecule has 1 aliphatic carbocycles. The van der Waals surface area contributed by atoms with Crippen molar-refractivity contribution in [2.45, 2.75) is 19.8 Å². The summed E-state index contributed by atoms with van der Waals surface area (Å²) in [5.74, 6) is 2.73. The second-order valence-corrected chi connectivity index (χ2v) is 6.33. The molecular formula is C8H14O2S. The van der Waals surface area contributed by atoms with Crippen LogP contribution in [0.5, 0.6) is 0 Å². The zero-order valence-corrected chi connectivity index (χ0v) is 7.60. The monoisotopic (exact) mass is 174 g/mol. The summed E-state index contributed by atoms with van der Waals surface area (Å²) < 4.78 is 22.3. The Bertz CT molecular complexity index is 235. The van der Waals surface area contributed by atoms with E-state index >= 15 is 0 Å². The number of fused-ring (bicyclic) bond motifs is 1. The molecule has 64 valence electrons. The van der Waals surface area contributed by atoms with Crippen LogP contribution in [0.4, 0.5) is 0 Å². The van der Waals surface area contributed by atoms with Gasteiger partial charge in [0.15, 0.2) is 9.84 Å². The van der Waals surface area contributed by atoms with E-state index in [0.717, 1.165) is 18.8 Å². The predicted molar refractivity (Wildman–Crippen MR) is 44.0 cm³/mol. The summed E-state index contributed by atoms with van der Waals surface area (Å²) in [6, 6.07) is 0. The molecule has 1 aliphatic heterocycles. The van der Waals surface area contributed by atoms with E-state index in [4.69, 9.17) is 0 Å². The molecule has 0 bridgehead atoms. The SMILES string of the molecule is C[C@H]1C[C@@H]2CS(=O)(=O)C[C@@H]2C1. The summed E-state index contributed by atoms with van der Waals surface area (Å²) in [4.78, 5) is 0. The molecule has 1 saturated carbocycles. The van der Waals surface area contributed by atoms with Crippen LogP contribution in [0.1, 0.15) is 19.8 Å². The van der Waals surface area contributed by atoms with Gasteiger partial charge >= 0.3 is 0 Å². The third kappa shape index (κ3) is 1.31. The maximum Gasteiger partial charge on any atom is 0.150 e. The van der Waals surface area contributed by atoms with Crippen molar-refractivity contribution in [2.24, 2.45) is 17.8 Å². The first-order chi connectivity index (χ1) is 5.07. The van der Waals surface area contributed by atoms with Crippen molar-refractivity contribution < 1.29 is 8.42 Å². The summed E-state index contributed by atoms with van der Waals surface area (Å²) in [5.41, 5.74) is 0. The fraction of sp³-hybridized carbons (Fsp3) is 1.00. The van der Waals surface area contributed by atoms with Crippen molar-refractivity contribution in [3.63, 3.8) is 0 Å². The number of rotatable bonds is 0. The maximum absolute atomic E-state index is 11.2. The van der Waals surface area contributed by atoms with Crippen LogP contribution in [0.3, 0.4) is 0 Å². The lowest BCUT2D eigenvalue weighted by molar-refractivity contribution is 0.494. The zero-order chi connectivity index (χ0) is 8.06. The molecule has 0 spiro atoms. The first kappa shape index (κ1) is 7.59. The van der Waals surface area contributed by atoms with Crippen molar-refractivity contribution in [1.29, 1.82) is 0 Å². The normalized spacial score (nSPS) is 47.5. The average Bonchev–Trinajstić information content (AvgIpc) is 2.17. The van der Waals surface area contributed by atoms with Crippen LogP contribution in [0.2, 0.25) is 0 Å². The molecule has 0 amide bonds. The summed E-state index contributed by atoms with van der Waals surface area (Å²) in [7, 11) is -2.63. The standard InChI is InChI=1S/C8H14O2S/c1-6-2-7-4-11(9,10)5-8(7)3-6/h6-8H,2-5H2,1H3/t6-,7+,8-. The van der Waals surface area contributed by atoms with Gasteiger partial charge in [-0.3, -0.25) is 0 Å². The quantitative estimate of drug-likeness (QED) is 0.550. The van der Waals surface area contributed by atoms with Gasteiger partial charge in [0, 0.05) is 0 Å². The van der Waals surface area contributed by atoms with Gasteiger partial charge in [-0.1, -0.05) is 6.92 Å². The number of sulfone groups is 1. The van der Waals surface area contributed by atoms with E-state index in [-0.39, 0.29) is 0 Å². The predicted octanol–water partition coefficient (Wildman–Crippen LogP) is 1.08. The Labute approximate surface area is 67.9 Å². The zero-order valence-electron chi connectivity index (χ0n) is 6.79. The Hall–Kier alpha value is -0.0500. The van der Waals surface area contributed by atoms with Crippen molar-refractivity contribution in [3.05, 3.63) is 0 Å². The lowest BCUT2D eigenvalue weighted by atomic mass is 10.0. The highest BCUT2D eigenvalue weighted by Crippen LogP contribution is 2.42. The lowest BCUT2D eigenvalue weighted by Gasteiger charge is -2.01. The molecule has 2 rings (SSSR count). The van der Waals surface area contributed by atoms with Gasteiger partial charge in [0.2, 0.25) is 0 Å². The highest BCUT2D eigenvalue weighted by Gasteiger charge is 2.42. The highest BCUT2D eigenvalue weighted by atomic mass is 32.2. The Kier molecular flexibility index (Phi) is 1.53. The van der Waals surface area contributed by atoms with Gasteiger partial charge in [-0.15, -0.1) is 0 Å². The molecule has 3 heteroatoms. The second kappa shape index (κ2) is 2.22. The number of hydrogen-bond donors (Lipinski definition) is 0. The number of hydrogen-bond acceptors (Lipinski definition) is 2. The fourth-order valence-electron chi connectivity index (χ4n) is 2.64. The largest absolute Gasteiger partial charge is 0.229 e. The van der Waals surface area contributed by atoms with E-state index in [9.17, 15) is 8.42 Å². The summed E-state index contributed by atoms with van der Waals surface area (Å²) >= 11 is 0. The van der Waals surface area contributed by atoms with Crippen molar-refractivity contribution in [3.8, 4) is 0 Å². The van der Waals surface area contributed by atoms with E-state index in [1.54, 1.807) is 0 Å². The van der Waals surface area contributed by atoms with E-state index < -0.39 is 9.84 Å². The smallest absolute Gasteiger partial charge is 0.150 e. The van der Waals surface area contributed by atoms with Crippen molar-refractivity contribution in [1.82, 2.24) is 0 Å². The Morgan fingerprint density at radius 3 is 2.00 bits per heavy atom. The Balaban J connectivity index is 2.16. The Morgan fingerprint density at radius 1 is 1.09 bits per heavy atom.